The summed E-state index contributed by atoms with van der Waals surface area (Å²) in [5.74, 6) is -0.364. The number of amides is 2. The minimum Gasteiger partial charge on any atom is -0.345 e. The zero-order chi connectivity index (χ0) is 13.0. The third-order valence-electron chi connectivity index (χ3n) is 2.01. The molecule has 0 heterocycles. The highest BCUT2D eigenvalue weighted by atomic mass is 79.9. The van der Waals surface area contributed by atoms with Gasteiger partial charge in [0.05, 0.1) is 16.0 Å². The average molecular weight is 320 g/mol. The summed E-state index contributed by atoms with van der Waals surface area (Å²) in [5, 5.41) is 3.18. The number of hydrogen-bond donors (Lipinski definition) is 1. The standard InChI is InChI=1S/C11H12BrClN2O2/c1-15(2)11(17)7-3-4-8(13)9(5-7)14-10(16)6-12/h3-5H,6H2,1-2H3,(H,14,16). The molecule has 0 atom stereocenters. The third kappa shape index (κ3) is 3.71. The lowest BCUT2D eigenvalue weighted by Gasteiger charge is -2.12. The molecule has 0 fully saturated rings. The summed E-state index contributed by atoms with van der Waals surface area (Å²) >= 11 is 8.96. The summed E-state index contributed by atoms with van der Waals surface area (Å²) in [6.07, 6.45) is 0. The second-order valence-corrected chi connectivity index (χ2v) is 4.54. The minimum atomic E-state index is -0.221. The molecule has 0 saturated heterocycles. The number of alkyl halides is 1. The predicted octanol–water partition coefficient (Wildman–Crippen LogP) is 2.38. The first-order valence-corrected chi connectivity index (χ1v) is 6.32. The first-order chi connectivity index (χ1) is 7.95. The lowest BCUT2D eigenvalue weighted by Crippen LogP contribution is -2.22. The summed E-state index contributed by atoms with van der Waals surface area (Å²) in [6, 6.07) is 4.77. The second-order valence-electron chi connectivity index (χ2n) is 3.58. The number of anilines is 1. The molecule has 17 heavy (non-hydrogen) atoms. The van der Waals surface area contributed by atoms with E-state index in [1.807, 2.05) is 0 Å². The van der Waals surface area contributed by atoms with Crippen LogP contribution in [0.5, 0.6) is 0 Å². The smallest absolute Gasteiger partial charge is 0.253 e. The number of halogens is 2. The predicted molar refractivity (Wildman–Crippen MR) is 71.9 cm³/mol. The van der Waals surface area contributed by atoms with E-state index in [4.69, 9.17) is 11.6 Å². The van der Waals surface area contributed by atoms with Crippen LogP contribution >= 0.6 is 27.5 Å². The van der Waals surface area contributed by atoms with Crippen molar-refractivity contribution in [3.63, 3.8) is 0 Å². The Hall–Kier alpha value is -1.07. The van der Waals surface area contributed by atoms with E-state index >= 15 is 0 Å². The Morgan fingerprint density at radius 2 is 2.06 bits per heavy atom. The van der Waals surface area contributed by atoms with Gasteiger partial charge in [0.2, 0.25) is 5.91 Å². The Labute approximate surface area is 113 Å². The fourth-order valence-corrected chi connectivity index (χ4v) is 1.50. The number of carbonyl (C=O) groups excluding carboxylic acids is 2. The van der Waals surface area contributed by atoms with Crippen LogP contribution in [0.15, 0.2) is 18.2 Å². The van der Waals surface area contributed by atoms with Crippen molar-refractivity contribution in [1.82, 2.24) is 4.90 Å². The van der Waals surface area contributed by atoms with Gasteiger partial charge in [-0.3, -0.25) is 9.59 Å². The molecule has 1 rings (SSSR count). The molecule has 0 spiro atoms. The number of nitrogens with one attached hydrogen (secondary N) is 1. The zero-order valence-electron chi connectivity index (χ0n) is 9.46. The van der Waals surface area contributed by atoms with Crippen LogP contribution in [0.25, 0.3) is 0 Å². The zero-order valence-corrected chi connectivity index (χ0v) is 11.8. The molecule has 2 amide bonds. The van der Waals surface area contributed by atoms with Crippen molar-refractivity contribution in [2.24, 2.45) is 0 Å². The summed E-state index contributed by atoms with van der Waals surface area (Å²) in [4.78, 5) is 24.4. The number of nitrogens with zero attached hydrogens (tertiary/aromatic N) is 1. The highest BCUT2D eigenvalue weighted by Crippen LogP contribution is 2.23. The highest BCUT2D eigenvalue weighted by Gasteiger charge is 2.11. The molecule has 1 N–H and O–H groups in total. The van der Waals surface area contributed by atoms with E-state index in [1.54, 1.807) is 32.3 Å². The molecule has 0 saturated carbocycles. The van der Waals surface area contributed by atoms with Gasteiger partial charge in [-0.25, -0.2) is 0 Å². The molecule has 0 bridgehead atoms. The van der Waals surface area contributed by atoms with E-state index in [2.05, 4.69) is 21.2 Å². The number of benzene rings is 1. The quantitative estimate of drug-likeness (QED) is 0.870. The molecule has 0 unspecified atom stereocenters. The first-order valence-electron chi connectivity index (χ1n) is 4.82. The van der Waals surface area contributed by atoms with Gasteiger partial charge in [-0.15, -0.1) is 0 Å². The average Bonchev–Trinajstić information content (AvgIpc) is 2.30. The van der Waals surface area contributed by atoms with Gasteiger partial charge in [-0.2, -0.15) is 0 Å². The molecular weight excluding hydrogens is 307 g/mol. The van der Waals surface area contributed by atoms with Crippen molar-refractivity contribution < 1.29 is 9.59 Å². The summed E-state index contributed by atoms with van der Waals surface area (Å²) in [6.45, 7) is 0. The number of rotatable bonds is 3. The third-order valence-corrected chi connectivity index (χ3v) is 2.85. The molecule has 4 nitrogen and oxygen atoms in total. The van der Waals surface area contributed by atoms with E-state index in [9.17, 15) is 9.59 Å². The molecule has 92 valence electrons. The van der Waals surface area contributed by atoms with Crippen LogP contribution in [0.4, 0.5) is 5.69 Å². The summed E-state index contributed by atoms with van der Waals surface area (Å²) in [7, 11) is 3.32. The maximum Gasteiger partial charge on any atom is 0.253 e. The van der Waals surface area contributed by atoms with E-state index in [1.165, 1.54) is 4.90 Å². The van der Waals surface area contributed by atoms with Crippen molar-refractivity contribution >= 4 is 45.0 Å². The Bertz CT molecular complexity index is 449. The summed E-state index contributed by atoms with van der Waals surface area (Å²) in [5.41, 5.74) is 0.910. The van der Waals surface area contributed by atoms with E-state index < -0.39 is 0 Å². The molecular formula is C11H12BrClN2O2. The maximum absolute atomic E-state index is 11.7. The van der Waals surface area contributed by atoms with Crippen LogP contribution in [0.3, 0.4) is 0 Å². The van der Waals surface area contributed by atoms with Crippen molar-refractivity contribution in [3.8, 4) is 0 Å². The van der Waals surface area contributed by atoms with Crippen LogP contribution in [-0.4, -0.2) is 36.1 Å². The molecule has 0 aromatic heterocycles. The first kappa shape index (κ1) is 14.0. The van der Waals surface area contributed by atoms with Gasteiger partial charge in [-0.05, 0) is 18.2 Å². The van der Waals surface area contributed by atoms with Gasteiger partial charge in [0.25, 0.3) is 5.91 Å². The largest absolute Gasteiger partial charge is 0.345 e. The van der Waals surface area contributed by atoms with Gasteiger partial charge in [-0.1, -0.05) is 27.5 Å². The van der Waals surface area contributed by atoms with Crippen LogP contribution in [0.1, 0.15) is 10.4 Å². The van der Waals surface area contributed by atoms with E-state index in [-0.39, 0.29) is 17.1 Å². The van der Waals surface area contributed by atoms with Gasteiger partial charge >= 0.3 is 0 Å². The summed E-state index contributed by atoms with van der Waals surface area (Å²) < 4.78 is 0. The normalized spacial score (nSPS) is 9.88. The Kier molecular flexibility index (Phi) is 4.96. The van der Waals surface area contributed by atoms with Gasteiger partial charge in [0.15, 0.2) is 0 Å². The van der Waals surface area contributed by atoms with E-state index in [0.717, 1.165) is 0 Å². The molecule has 1 aromatic carbocycles. The van der Waals surface area contributed by atoms with Gasteiger partial charge in [0, 0.05) is 19.7 Å². The fourth-order valence-electron chi connectivity index (χ4n) is 1.20. The van der Waals surface area contributed by atoms with Crippen molar-refractivity contribution in [2.45, 2.75) is 0 Å². The Morgan fingerprint density at radius 3 is 2.59 bits per heavy atom. The number of hydrogen-bond acceptors (Lipinski definition) is 2. The van der Waals surface area contributed by atoms with Crippen LogP contribution in [0.2, 0.25) is 5.02 Å². The lowest BCUT2D eigenvalue weighted by atomic mass is 10.2. The SMILES string of the molecule is CN(C)C(=O)c1ccc(Cl)c(NC(=O)CBr)c1. The monoisotopic (exact) mass is 318 g/mol. The molecule has 0 aliphatic carbocycles. The fraction of sp³-hybridized carbons (Fsp3) is 0.273. The molecule has 0 aliphatic heterocycles. The van der Waals surface area contributed by atoms with Gasteiger partial charge in [0.1, 0.15) is 0 Å². The van der Waals surface area contributed by atoms with Crippen LogP contribution < -0.4 is 5.32 Å². The van der Waals surface area contributed by atoms with Crippen molar-refractivity contribution in [1.29, 1.82) is 0 Å². The maximum atomic E-state index is 11.7. The van der Waals surface area contributed by atoms with Crippen molar-refractivity contribution in [2.75, 3.05) is 24.7 Å². The van der Waals surface area contributed by atoms with Crippen LogP contribution in [0, 0.1) is 0 Å². The van der Waals surface area contributed by atoms with Crippen LogP contribution in [-0.2, 0) is 4.79 Å². The minimum absolute atomic E-state index is 0.143. The number of carbonyl (C=O) groups is 2. The van der Waals surface area contributed by atoms with E-state index in [0.29, 0.717) is 16.3 Å². The molecule has 0 radical (unpaired) electrons. The Balaban J connectivity index is 3.02. The second kappa shape index (κ2) is 6.02. The highest BCUT2D eigenvalue weighted by molar-refractivity contribution is 9.09. The van der Waals surface area contributed by atoms with Crippen molar-refractivity contribution in [3.05, 3.63) is 28.8 Å². The Morgan fingerprint density at radius 1 is 1.41 bits per heavy atom. The topological polar surface area (TPSA) is 49.4 Å². The molecule has 6 heteroatoms. The lowest BCUT2D eigenvalue weighted by molar-refractivity contribution is -0.113. The molecule has 0 aliphatic rings. The molecule has 1 aromatic rings. The van der Waals surface area contributed by atoms with Gasteiger partial charge < -0.3 is 10.2 Å².